The molecule has 3 fully saturated rings. The highest BCUT2D eigenvalue weighted by Crippen LogP contribution is 2.70. The van der Waals surface area contributed by atoms with Gasteiger partial charge < -0.3 is 5.73 Å². The van der Waals surface area contributed by atoms with Gasteiger partial charge >= 0.3 is 0 Å². The standard InChI is InChI=1S/C27H36N2O2/c1-16-8-10-24(3)12-13-26(5)21-7-6-18-17(2)23(29-31)20(30)14-19(18)25(21,4)11-9-22(26)27(24,28)15-16/h6-7,14,16,22H,8-13,15,28H2,1-5H3. The molecule has 0 radical (unpaired) electrons. The van der Waals surface area contributed by atoms with Crippen molar-refractivity contribution < 1.29 is 4.79 Å². The monoisotopic (exact) mass is 420 g/mol. The normalized spacial score (nSPS) is 46.6. The number of carbonyl (C=O) groups excluding carboxylic acids is 1. The first-order valence-electron chi connectivity index (χ1n) is 12.0. The molecule has 0 aromatic rings. The highest BCUT2D eigenvalue weighted by molar-refractivity contribution is 6.08. The number of ketones is 1. The molecule has 5 aliphatic carbocycles. The Morgan fingerprint density at radius 1 is 1.06 bits per heavy atom. The SMILES string of the molecule is CC1=C(N=O)C(=O)C=C2C1=CC=C1C2(C)CCC2C1(C)CCC1(C)CCC(C)CC21N. The van der Waals surface area contributed by atoms with Crippen molar-refractivity contribution in [2.75, 3.05) is 0 Å². The molecule has 2 N–H and O–H groups in total. The van der Waals surface area contributed by atoms with E-state index < -0.39 is 0 Å². The van der Waals surface area contributed by atoms with Crippen LogP contribution in [0.15, 0.2) is 51.4 Å². The maximum atomic E-state index is 12.7. The van der Waals surface area contributed by atoms with Crippen LogP contribution in [-0.2, 0) is 4.79 Å². The van der Waals surface area contributed by atoms with Crippen LogP contribution in [0.2, 0.25) is 0 Å². The van der Waals surface area contributed by atoms with Crippen molar-refractivity contribution in [2.45, 2.75) is 85.1 Å². The predicted octanol–water partition coefficient (Wildman–Crippen LogP) is 6.14. The number of allylic oxidation sites excluding steroid dienone is 7. The third kappa shape index (κ3) is 2.49. The Bertz CT molecular complexity index is 1020. The summed E-state index contributed by atoms with van der Waals surface area (Å²) in [6.45, 7) is 11.4. The van der Waals surface area contributed by atoms with Gasteiger partial charge in [0.05, 0.1) is 0 Å². The highest BCUT2D eigenvalue weighted by Gasteiger charge is 2.65. The molecule has 0 aromatic carbocycles. The lowest BCUT2D eigenvalue weighted by Gasteiger charge is -2.68. The van der Waals surface area contributed by atoms with E-state index in [1.165, 1.54) is 24.8 Å². The first kappa shape index (κ1) is 21.1. The van der Waals surface area contributed by atoms with E-state index in [1.54, 1.807) is 6.08 Å². The summed E-state index contributed by atoms with van der Waals surface area (Å²) in [6.07, 6.45) is 14.2. The lowest BCUT2D eigenvalue weighted by molar-refractivity contribution is -0.112. The lowest BCUT2D eigenvalue weighted by Crippen LogP contribution is -2.70. The van der Waals surface area contributed by atoms with Gasteiger partial charge in [0.15, 0.2) is 5.70 Å². The van der Waals surface area contributed by atoms with Crippen LogP contribution < -0.4 is 5.73 Å². The van der Waals surface area contributed by atoms with Gasteiger partial charge in [0.25, 0.3) is 0 Å². The molecule has 31 heavy (non-hydrogen) atoms. The quantitative estimate of drug-likeness (QED) is 0.518. The van der Waals surface area contributed by atoms with E-state index in [9.17, 15) is 9.70 Å². The van der Waals surface area contributed by atoms with E-state index in [4.69, 9.17) is 5.73 Å². The van der Waals surface area contributed by atoms with Gasteiger partial charge in [0, 0.05) is 11.0 Å². The van der Waals surface area contributed by atoms with Crippen molar-refractivity contribution in [1.82, 2.24) is 0 Å². The van der Waals surface area contributed by atoms with Crippen LogP contribution in [0.25, 0.3) is 0 Å². The Kier molecular flexibility index (Phi) is 4.33. The van der Waals surface area contributed by atoms with E-state index in [1.807, 2.05) is 6.92 Å². The summed E-state index contributed by atoms with van der Waals surface area (Å²) < 4.78 is 0. The van der Waals surface area contributed by atoms with E-state index in [-0.39, 0.29) is 33.3 Å². The van der Waals surface area contributed by atoms with Crippen LogP contribution in [0.4, 0.5) is 0 Å². The Hall–Kier alpha value is -1.81. The molecule has 4 nitrogen and oxygen atoms in total. The van der Waals surface area contributed by atoms with Crippen LogP contribution in [0.5, 0.6) is 0 Å². The molecule has 3 saturated carbocycles. The maximum absolute atomic E-state index is 12.7. The molecule has 6 unspecified atom stereocenters. The number of carbonyl (C=O) groups is 1. The predicted molar refractivity (Wildman–Crippen MR) is 124 cm³/mol. The van der Waals surface area contributed by atoms with Gasteiger partial charge in [-0.3, -0.25) is 4.79 Å². The maximum Gasteiger partial charge on any atom is 0.208 e. The van der Waals surface area contributed by atoms with Gasteiger partial charge in [-0.15, -0.1) is 4.91 Å². The number of hydrogen-bond acceptors (Lipinski definition) is 4. The molecule has 0 aliphatic heterocycles. The summed E-state index contributed by atoms with van der Waals surface area (Å²) in [5, 5.41) is 3.03. The van der Waals surface area contributed by atoms with E-state index >= 15 is 0 Å². The van der Waals surface area contributed by atoms with Crippen molar-refractivity contribution in [3.63, 3.8) is 0 Å². The van der Waals surface area contributed by atoms with Gasteiger partial charge in [0.1, 0.15) is 0 Å². The number of hydrogen-bond donors (Lipinski definition) is 1. The van der Waals surface area contributed by atoms with Crippen molar-refractivity contribution in [2.24, 2.45) is 39.0 Å². The summed E-state index contributed by atoms with van der Waals surface area (Å²) in [4.78, 5) is 24.0. The minimum absolute atomic E-state index is 0.0328. The zero-order valence-corrected chi connectivity index (χ0v) is 19.7. The zero-order chi connectivity index (χ0) is 22.4. The second-order valence-corrected chi connectivity index (χ2v) is 11.9. The second kappa shape index (κ2) is 6.37. The molecule has 5 rings (SSSR count). The molecular formula is C27H36N2O2. The minimum atomic E-state index is -0.248. The number of fused-ring (bicyclic) bond motifs is 7. The summed E-state index contributed by atoms with van der Waals surface area (Å²) in [5.41, 5.74) is 11.7. The highest BCUT2D eigenvalue weighted by atomic mass is 16.3. The molecule has 166 valence electrons. The molecule has 6 atom stereocenters. The van der Waals surface area contributed by atoms with E-state index in [0.29, 0.717) is 17.4 Å². The number of nitrogens with zero attached hydrogens (tertiary/aromatic N) is 1. The Morgan fingerprint density at radius 3 is 2.52 bits per heavy atom. The summed E-state index contributed by atoms with van der Waals surface area (Å²) in [5.74, 6) is 0.892. The summed E-state index contributed by atoms with van der Waals surface area (Å²) in [7, 11) is 0. The molecular weight excluding hydrogens is 384 g/mol. The Morgan fingerprint density at radius 2 is 1.81 bits per heavy atom. The molecule has 0 aromatic heterocycles. The smallest absolute Gasteiger partial charge is 0.208 e. The van der Waals surface area contributed by atoms with Gasteiger partial charge in [-0.2, -0.15) is 0 Å². The molecule has 0 amide bonds. The average molecular weight is 421 g/mol. The van der Waals surface area contributed by atoms with Gasteiger partial charge in [-0.25, -0.2) is 0 Å². The van der Waals surface area contributed by atoms with Crippen LogP contribution in [0, 0.1) is 33.0 Å². The zero-order valence-electron chi connectivity index (χ0n) is 19.7. The first-order valence-corrected chi connectivity index (χ1v) is 12.0. The van der Waals surface area contributed by atoms with Crippen LogP contribution >= 0.6 is 0 Å². The molecule has 0 saturated heterocycles. The third-order valence-corrected chi connectivity index (χ3v) is 10.4. The average Bonchev–Trinajstić information content (AvgIpc) is 2.70. The second-order valence-electron chi connectivity index (χ2n) is 11.9. The van der Waals surface area contributed by atoms with Crippen molar-refractivity contribution in [3.8, 4) is 0 Å². The van der Waals surface area contributed by atoms with Gasteiger partial charge in [-0.05, 0) is 96.1 Å². The first-order chi connectivity index (χ1) is 14.5. The molecule has 0 spiro atoms. The fourth-order valence-electron chi connectivity index (χ4n) is 8.42. The Balaban J connectivity index is 1.64. The number of nitrogens with two attached hydrogens (primary N) is 1. The van der Waals surface area contributed by atoms with Crippen LogP contribution in [-0.4, -0.2) is 11.3 Å². The summed E-state index contributed by atoms with van der Waals surface area (Å²) in [6, 6.07) is 0. The van der Waals surface area contributed by atoms with Crippen molar-refractivity contribution in [1.29, 1.82) is 0 Å². The third-order valence-electron chi connectivity index (χ3n) is 10.4. The van der Waals surface area contributed by atoms with Crippen LogP contribution in [0.3, 0.4) is 0 Å². The minimum Gasteiger partial charge on any atom is -0.324 e. The van der Waals surface area contributed by atoms with Gasteiger partial charge in [0.2, 0.25) is 5.78 Å². The topological polar surface area (TPSA) is 72.5 Å². The fourth-order valence-corrected chi connectivity index (χ4v) is 8.42. The van der Waals surface area contributed by atoms with Gasteiger partial charge in [-0.1, -0.05) is 51.8 Å². The molecule has 4 heteroatoms. The molecule has 0 bridgehead atoms. The summed E-state index contributed by atoms with van der Waals surface area (Å²) >= 11 is 0. The van der Waals surface area contributed by atoms with E-state index in [0.717, 1.165) is 36.8 Å². The number of nitroso groups, excluding NO2 is 1. The van der Waals surface area contributed by atoms with Crippen LogP contribution in [0.1, 0.15) is 79.6 Å². The lowest BCUT2D eigenvalue weighted by atomic mass is 9.38. The molecule has 0 heterocycles. The fraction of sp³-hybridized carbons (Fsp3) is 0.667. The van der Waals surface area contributed by atoms with Crippen molar-refractivity contribution >= 4 is 5.78 Å². The van der Waals surface area contributed by atoms with Crippen molar-refractivity contribution in [3.05, 3.63) is 51.1 Å². The largest absolute Gasteiger partial charge is 0.324 e. The van der Waals surface area contributed by atoms with E-state index in [2.05, 4.69) is 45.0 Å². The number of rotatable bonds is 1. The molecule has 5 aliphatic rings. The Labute approximate surface area is 186 Å².